The first kappa shape index (κ1) is 18.4. The highest BCUT2D eigenvalue weighted by Crippen LogP contribution is 2.38. The SMILES string of the molecule is CC(C)c1cccc(C(C)C)c1N=C1C(=O)c2ccccc2-c2ccccc21. The second-order valence-electron chi connectivity index (χ2n) is 7.98. The third-order valence-corrected chi connectivity index (χ3v) is 5.43. The summed E-state index contributed by atoms with van der Waals surface area (Å²) in [5, 5.41) is 0. The number of ketones is 1. The Morgan fingerprint density at radius 3 is 1.61 bits per heavy atom. The highest BCUT2D eigenvalue weighted by atomic mass is 16.1. The van der Waals surface area contributed by atoms with Gasteiger partial charge in [-0.15, -0.1) is 0 Å². The van der Waals surface area contributed by atoms with Crippen LogP contribution in [0.5, 0.6) is 0 Å². The molecule has 3 aromatic rings. The third kappa shape index (κ3) is 2.99. The number of hydrogen-bond donors (Lipinski definition) is 0. The molecule has 0 N–H and O–H groups in total. The van der Waals surface area contributed by atoms with E-state index in [1.165, 1.54) is 11.1 Å². The van der Waals surface area contributed by atoms with Crippen LogP contribution in [-0.2, 0) is 0 Å². The van der Waals surface area contributed by atoms with Crippen LogP contribution in [0.3, 0.4) is 0 Å². The molecule has 0 saturated carbocycles. The Balaban J connectivity index is 2.01. The minimum absolute atomic E-state index is 0.00238. The Morgan fingerprint density at radius 2 is 1.07 bits per heavy atom. The first-order chi connectivity index (χ1) is 13.5. The van der Waals surface area contributed by atoms with Crippen molar-refractivity contribution in [2.24, 2.45) is 4.99 Å². The molecule has 4 rings (SSSR count). The molecule has 0 spiro atoms. The molecule has 0 aromatic heterocycles. The predicted octanol–water partition coefficient (Wildman–Crippen LogP) is 6.92. The molecule has 1 aliphatic carbocycles. The van der Waals surface area contributed by atoms with Gasteiger partial charge in [-0.3, -0.25) is 4.79 Å². The number of carbonyl (C=O) groups is 1. The smallest absolute Gasteiger partial charge is 0.212 e. The maximum Gasteiger partial charge on any atom is 0.212 e. The zero-order chi connectivity index (χ0) is 19.8. The van der Waals surface area contributed by atoms with Crippen LogP contribution in [0, 0.1) is 0 Å². The molecule has 1 aliphatic rings. The summed E-state index contributed by atoms with van der Waals surface area (Å²) < 4.78 is 0. The van der Waals surface area contributed by atoms with Gasteiger partial charge in [0.25, 0.3) is 0 Å². The van der Waals surface area contributed by atoms with Gasteiger partial charge in [-0.25, -0.2) is 4.99 Å². The summed E-state index contributed by atoms with van der Waals surface area (Å²) in [7, 11) is 0. The van der Waals surface area contributed by atoms with Crippen LogP contribution in [0.25, 0.3) is 11.1 Å². The van der Waals surface area contributed by atoms with E-state index in [0.29, 0.717) is 17.5 Å². The lowest BCUT2D eigenvalue weighted by molar-refractivity contribution is 0.106. The second-order valence-corrected chi connectivity index (χ2v) is 7.98. The Morgan fingerprint density at radius 1 is 0.607 bits per heavy atom. The lowest BCUT2D eigenvalue weighted by Crippen LogP contribution is -2.22. The molecule has 28 heavy (non-hydrogen) atoms. The van der Waals surface area contributed by atoms with Crippen LogP contribution in [0.2, 0.25) is 0 Å². The average Bonchev–Trinajstić information content (AvgIpc) is 2.70. The number of rotatable bonds is 3. The number of Topliss-reactive ketones (excluding diaryl/α,β-unsaturated/α-hetero) is 1. The van der Waals surface area contributed by atoms with E-state index in [9.17, 15) is 4.79 Å². The van der Waals surface area contributed by atoms with Crippen LogP contribution in [0.4, 0.5) is 5.69 Å². The zero-order valence-electron chi connectivity index (χ0n) is 16.9. The van der Waals surface area contributed by atoms with Gasteiger partial charge >= 0.3 is 0 Å². The summed E-state index contributed by atoms with van der Waals surface area (Å²) >= 11 is 0. The van der Waals surface area contributed by atoms with Gasteiger partial charge in [-0.2, -0.15) is 0 Å². The van der Waals surface area contributed by atoms with Crippen LogP contribution in [0.1, 0.15) is 66.6 Å². The van der Waals surface area contributed by atoms with E-state index < -0.39 is 0 Å². The van der Waals surface area contributed by atoms with Gasteiger partial charge in [0.15, 0.2) is 0 Å². The molecule has 0 radical (unpaired) electrons. The third-order valence-electron chi connectivity index (χ3n) is 5.43. The van der Waals surface area contributed by atoms with Crippen molar-refractivity contribution in [3.05, 3.63) is 89.0 Å². The van der Waals surface area contributed by atoms with Crippen molar-refractivity contribution in [2.45, 2.75) is 39.5 Å². The largest absolute Gasteiger partial charge is 0.287 e. The Kier molecular flexibility index (Phi) is 4.72. The van der Waals surface area contributed by atoms with E-state index in [1.54, 1.807) is 0 Å². The number of nitrogens with zero attached hydrogens (tertiary/aromatic N) is 1. The highest BCUT2D eigenvalue weighted by molar-refractivity contribution is 6.55. The molecule has 0 aliphatic heterocycles. The molecule has 0 atom stereocenters. The van der Waals surface area contributed by atoms with Crippen molar-refractivity contribution in [2.75, 3.05) is 0 Å². The average molecular weight is 367 g/mol. The number of para-hydroxylation sites is 1. The van der Waals surface area contributed by atoms with Gasteiger partial charge in [0.05, 0.1) is 5.69 Å². The molecule has 3 aromatic carbocycles. The topological polar surface area (TPSA) is 29.4 Å². The predicted molar refractivity (Wildman–Crippen MR) is 117 cm³/mol. The quantitative estimate of drug-likeness (QED) is 0.494. The fourth-order valence-electron chi connectivity index (χ4n) is 3.95. The minimum atomic E-state index is 0.00238. The van der Waals surface area contributed by atoms with Gasteiger partial charge in [-0.1, -0.05) is 94.4 Å². The summed E-state index contributed by atoms with van der Waals surface area (Å²) in [6, 6.07) is 22.3. The molecular weight excluding hydrogens is 342 g/mol. The Labute approximate surface area is 167 Å². The molecule has 2 heteroatoms. The van der Waals surface area contributed by atoms with Gasteiger partial charge in [0, 0.05) is 11.1 Å². The van der Waals surface area contributed by atoms with Crippen LogP contribution in [0.15, 0.2) is 71.7 Å². The molecular formula is C26H25NO. The second kappa shape index (κ2) is 7.20. The van der Waals surface area contributed by atoms with Crippen LogP contribution in [-0.4, -0.2) is 11.5 Å². The molecule has 0 saturated heterocycles. The number of benzene rings is 3. The summed E-state index contributed by atoms with van der Waals surface area (Å²) in [6.45, 7) is 8.70. The maximum atomic E-state index is 13.4. The van der Waals surface area contributed by atoms with Gasteiger partial charge < -0.3 is 0 Å². The maximum absolute atomic E-state index is 13.4. The van der Waals surface area contributed by atoms with E-state index in [4.69, 9.17) is 4.99 Å². The molecule has 0 fully saturated rings. The van der Waals surface area contributed by atoms with Crippen molar-refractivity contribution < 1.29 is 4.79 Å². The molecule has 140 valence electrons. The fraction of sp³-hybridized carbons (Fsp3) is 0.231. The summed E-state index contributed by atoms with van der Waals surface area (Å²) in [4.78, 5) is 18.5. The summed E-state index contributed by atoms with van der Waals surface area (Å²) in [6.07, 6.45) is 0. The van der Waals surface area contributed by atoms with Gasteiger partial charge in [0.1, 0.15) is 5.71 Å². The Hall–Kier alpha value is -3.00. The summed E-state index contributed by atoms with van der Waals surface area (Å²) in [5.74, 6) is 0.668. The monoisotopic (exact) mass is 367 g/mol. The Bertz CT molecular complexity index is 1060. The number of fused-ring (bicyclic) bond motifs is 3. The molecule has 0 bridgehead atoms. The van der Waals surface area contributed by atoms with Crippen molar-refractivity contribution in [3.63, 3.8) is 0 Å². The molecule has 0 amide bonds. The number of hydrogen-bond acceptors (Lipinski definition) is 2. The van der Waals surface area contributed by atoms with Gasteiger partial charge in [0.2, 0.25) is 5.78 Å². The standard InChI is InChI=1S/C26H25NO/c1-16(2)18-14-9-15-19(17(3)4)24(18)27-25-22-12-7-5-10-20(22)21-11-6-8-13-23(21)26(25)28/h5-17H,1-4H3. The van der Waals surface area contributed by atoms with E-state index in [-0.39, 0.29) is 5.78 Å². The first-order valence-corrected chi connectivity index (χ1v) is 9.94. The number of aliphatic imine (C=N–C) groups is 1. The lowest BCUT2D eigenvalue weighted by Gasteiger charge is -2.22. The lowest BCUT2D eigenvalue weighted by atomic mass is 9.83. The van der Waals surface area contributed by atoms with Crippen molar-refractivity contribution in [1.29, 1.82) is 0 Å². The van der Waals surface area contributed by atoms with E-state index in [1.807, 2.05) is 42.5 Å². The van der Waals surface area contributed by atoms with Crippen molar-refractivity contribution in [1.82, 2.24) is 0 Å². The zero-order valence-corrected chi connectivity index (χ0v) is 16.9. The van der Waals surface area contributed by atoms with E-state index in [2.05, 4.69) is 52.0 Å². The van der Waals surface area contributed by atoms with Gasteiger partial charge in [-0.05, 0) is 34.1 Å². The molecule has 0 heterocycles. The molecule has 0 unspecified atom stereocenters. The normalized spacial score (nSPS) is 14.5. The molecule has 2 nitrogen and oxygen atoms in total. The fourth-order valence-corrected chi connectivity index (χ4v) is 3.95. The first-order valence-electron chi connectivity index (χ1n) is 9.94. The van der Waals surface area contributed by atoms with E-state index in [0.717, 1.165) is 27.9 Å². The van der Waals surface area contributed by atoms with Crippen LogP contribution < -0.4 is 0 Å². The minimum Gasteiger partial charge on any atom is -0.287 e. The van der Waals surface area contributed by atoms with Crippen molar-refractivity contribution in [3.8, 4) is 11.1 Å². The highest BCUT2D eigenvalue weighted by Gasteiger charge is 2.29. The van der Waals surface area contributed by atoms with E-state index >= 15 is 0 Å². The van der Waals surface area contributed by atoms with Crippen molar-refractivity contribution >= 4 is 17.2 Å². The van der Waals surface area contributed by atoms with Crippen LogP contribution >= 0.6 is 0 Å². The number of carbonyl (C=O) groups excluding carboxylic acids is 1. The summed E-state index contributed by atoms with van der Waals surface area (Å²) in [5.41, 5.74) is 7.57.